The van der Waals surface area contributed by atoms with Crippen molar-refractivity contribution >= 4 is 78.7 Å². The van der Waals surface area contributed by atoms with Crippen LogP contribution in [0.5, 0.6) is 0 Å². The van der Waals surface area contributed by atoms with Gasteiger partial charge in [0.05, 0.1) is 0 Å². The molecule has 0 saturated heterocycles. The van der Waals surface area contributed by atoms with Gasteiger partial charge in [0.1, 0.15) is 0 Å². The minimum Gasteiger partial charge on any atom is -0.0843 e. The average Bonchev–Trinajstić information content (AvgIpc) is 3.03. The molecule has 0 aliphatic heterocycles. The van der Waals surface area contributed by atoms with Crippen molar-refractivity contribution in [2.45, 2.75) is 0 Å². The Kier molecular flexibility index (Phi) is 6.78. The van der Waals surface area contributed by atoms with E-state index in [1.54, 1.807) is 0 Å². The largest absolute Gasteiger partial charge is 0.0843 e. The number of rotatable bonds is 4. The van der Waals surface area contributed by atoms with Gasteiger partial charge >= 0.3 is 0 Å². The van der Waals surface area contributed by atoms with Crippen LogP contribution in [0.4, 0.5) is 0 Å². The van der Waals surface area contributed by atoms with Crippen LogP contribution < -0.4 is 0 Å². The van der Waals surface area contributed by atoms with Gasteiger partial charge in [-0.05, 0) is 137 Å². The van der Waals surface area contributed by atoms with Crippen molar-refractivity contribution in [3.63, 3.8) is 0 Å². The Morgan fingerprint density at radius 3 is 0.750 bits per heavy atom. The molecule has 0 radical (unpaired) electrons. The van der Waals surface area contributed by atoms with Gasteiger partial charge in [-0.2, -0.15) is 0 Å². The van der Waals surface area contributed by atoms with Gasteiger partial charge in [0.15, 0.2) is 0 Å². The van der Waals surface area contributed by atoms with Gasteiger partial charge < -0.3 is 0 Å². The minimum absolute atomic E-state index is 0.698. The van der Waals surface area contributed by atoms with E-state index in [2.05, 4.69) is 60.7 Å². The fourth-order valence-corrected chi connectivity index (χ4v) is 7.33. The molecule has 0 nitrogen and oxygen atoms in total. The zero-order chi connectivity index (χ0) is 29.9. The Morgan fingerprint density at radius 2 is 0.523 bits per heavy atom. The first-order valence-corrected chi connectivity index (χ1v) is 15.8. The lowest BCUT2D eigenvalue weighted by atomic mass is 9.82. The maximum Gasteiger partial charge on any atom is 0.0412 e. The lowest BCUT2D eigenvalue weighted by Crippen LogP contribution is -1.94. The van der Waals surface area contributed by atoms with E-state index in [1.165, 1.54) is 10.8 Å². The van der Waals surface area contributed by atoms with Crippen LogP contribution in [0.15, 0.2) is 133 Å². The standard InChI is InChI=1S/C40H22Cl4/c41-27-9-1-5-23(17-27)35-21-36(24-6-2-10-28(42)18-24)32-15-16-34-38(26-8-4-12-30(44)20-26)22-37(25-7-3-11-29(43)19-25)33-14-13-31(35)39(32)40(33)34/h1-22H. The zero-order valence-electron chi connectivity index (χ0n) is 23.2. The Hall–Kier alpha value is -4.04. The van der Waals surface area contributed by atoms with Crippen LogP contribution in [0.3, 0.4) is 0 Å². The summed E-state index contributed by atoms with van der Waals surface area (Å²) in [6.45, 7) is 0. The molecule has 0 spiro atoms. The van der Waals surface area contributed by atoms with E-state index in [0.717, 1.165) is 66.1 Å². The van der Waals surface area contributed by atoms with Gasteiger partial charge in [-0.3, -0.25) is 0 Å². The summed E-state index contributed by atoms with van der Waals surface area (Å²) < 4.78 is 0. The molecule has 210 valence electrons. The van der Waals surface area contributed by atoms with Crippen molar-refractivity contribution in [1.82, 2.24) is 0 Å². The van der Waals surface area contributed by atoms with Crippen molar-refractivity contribution in [3.8, 4) is 44.5 Å². The summed E-state index contributed by atoms with van der Waals surface area (Å²) in [7, 11) is 0. The monoisotopic (exact) mass is 642 g/mol. The van der Waals surface area contributed by atoms with Crippen molar-refractivity contribution in [3.05, 3.63) is 154 Å². The molecule has 0 heterocycles. The Bertz CT molecular complexity index is 2060. The van der Waals surface area contributed by atoms with Crippen LogP contribution in [0.25, 0.3) is 76.8 Å². The third-order valence-electron chi connectivity index (χ3n) is 8.44. The molecule has 0 atom stereocenters. The second-order valence-electron chi connectivity index (χ2n) is 11.1. The highest BCUT2D eigenvalue weighted by atomic mass is 35.5. The molecule has 0 aromatic heterocycles. The summed E-state index contributed by atoms with van der Waals surface area (Å²) in [5.74, 6) is 0. The van der Waals surface area contributed by atoms with E-state index in [-0.39, 0.29) is 0 Å². The Morgan fingerprint density at radius 1 is 0.273 bits per heavy atom. The average molecular weight is 644 g/mol. The first kappa shape index (κ1) is 27.5. The molecule has 8 aromatic rings. The lowest BCUT2D eigenvalue weighted by molar-refractivity contribution is 1.62. The maximum atomic E-state index is 6.54. The highest BCUT2D eigenvalue weighted by molar-refractivity contribution is 6.34. The number of benzene rings is 8. The molecular formula is C40H22Cl4. The molecule has 0 N–H and O–H groups in total. The fraction of sp³-hybridized carbons (Fsp3) is 0. The molecule has 8 rings (SSSR count). The molecule has 4 heteroatoms. The topological polar surface area (TPSA) is 0 Å². The Labute approximate surface area is 275 Å². The van der Waals surface area contributed by atoms with E-state index < -0.39 is 0 Å². The quantitative estimate of drug-likeness (QED) is 0.167. The van der Waals surface area contributed by atoms with Crippen LogP contribution in [0.1, 0.15) is 0 Å². The van der Waals surface area contributed by atoms with E-state index in [4.69, 9.17) is 46.4 Å². The second kappa shape index (κ2) is 10.8. The number of halogens is 4. The SMILES string of the molecule is Clc1cccc(-c2cc(-c3cccc(Cl)c3)c3ccc4c(-c5cccc(Cl)c5)cc(-c5cccc(Cl)c5)c5ccc2c3c54)c1. The van der Waals surface area contributed by atoms with E-state index in [0.29, 0.717) is 20.1 Å². The van der Waals surface area contributed by atoms with Crippen LogP contribution in [-0.4, -0.2) is 0 Å². The van der Waals surface area contributed by atoms with Gasteiger partial charge in [-0.15, -0.1) is 0 Å². The first-order chi connectivity index (χ1) is 21.4. The molecule has 0 amide bonds. The Balaban J connectivity index is 1.59. The zero-order valence-corrected chi connectivity index (χ0v) is 26.2. The van der Waals surface area contributed by atoms with Gasteiger partial charge in [0.2, 0.25) is 0 Å². The van der Waals surface area contributed by atoms with E-state index in [9.17, 15) is 0 Å². The van der Waals surface area contributed by atoms with E-state index >= 15 is 0 Å². The molecule has 0 bridgehead atoms. The first-order valence-electron chi connectivity index (χ1n) is 14.3. The number of hydrogen-bond donors (Lipinski definition) is 0. The summed E-state index contributed by atoms with van der Waals surface area (Å²) in [5.41, 5.74) is 8.69. The summed E-state index contributed by atoms with van der Waals surface area (Å²) >= 11 is 26.2. The predicted octanol–water partition coefficient (Wildman–Crippen LogP) is 13.9. The van der Waals surface area contributed by atoms with Crippen molar-refractivity contribution in [1.29, 1.82) is 0 Å². The third-order valence-corrected chi connectivity index (χ3v) is 9.38. The summed E-state index contributed by atoms with van der Waals surface area (Å²) in [5, 5.41) is 9.82. The predicted molar refractivity (Wildman–Crippen MR) is 192 cm³/mol. The molecular weight excluding hydrogens is 622 g/mol. The van der Waals surface area contributed by atoms with Crippen LogP contribution >= 0.6 is 46.4 Å². The maximum absolute atomic E-state index is 6.54. The van der Waals surface area contributed by atoms with Crippen molar-refractivity contribution in [2.24, 2.45) is 0 Å². The second-order valence-corrected chi connectivity index (χ2v) is 12.8. The summed E-state index contributed by atoms with van der Waals surface area (Å²) in [4.78, 5) is 0. The van der Waals surface area contributed by atoms with E-state index in [1.807, 2.05) is 72.8 Å². The third kappa shape index (κ3) is 4.62. The molecule has 0 fully saturated rings. The van der Waals surface area contributed by atoms with Crippen LogP contribution in [0, 0.1) is 0 Å². The molecule has 0 aliphatic carbocycles. The van der Waals surface area contributed by atoms with Crippen molar-refractivity contribution in [2.75, 3.05) is 0 Å². The molecule has 8 aromatic carbocycles. The van der Waals surface area contributed by atoms with Gasteiger partial charge in [0, 0.05) is 20.1 Å². The fourth-order valence-electron chi connectivity index (χ4n) is 6.57. The van der Waals surface area contributed by atoms with Crippen LogP contribution in [-0.2, 0) is 0 Å². The molecule has 0 aliphatic rings. The van der Waals surface area contributed by atoms with Gasteiger partial charge in [-0.1, -0.05) is 119 Å². The highest BCUT2D eigenvalue weighted by Gasteiger charge is 2.21. The molecule has 0 unspecified atom stereocenters. The summed E-state index contributed by atoms with van der Waals surface area (Å²) in [6, 6.07) is 45.8. The lowest BCUT2D eigenvalue weighted by Gasteiger charge is -2.21. The summed E-state index contributed by atoms with van der Waals surface area (Å²) in [6.07, 6.45) is 0. The molecule has 44 heavy (non-hydrogen) atoms. The van der Waals surface area contributed by atoms with Crippen LogP contribution in [0.2, 0.25) is 20.1 Å². The van der Waals surface area contributed by atoms with Gasteiger partial charge in [0.25, 0.3) is 0 Å². The van der Waals surface area contributed by atoms with Crippen molar-refractivity contribution < 1.29 is 0 Å². The smallest absolute Gasteiger partial charge is 0.0412 e. The molecule has 0 saturated carbocycles. The highest BCUT2D eigenvalue weighted by Crippen LogP contribution is 2.49. The normalized spacial score (nSPS) is 11.6. The minimum atomic E-state index is 0.698. The number of hydrogen-bond acceptors (Lipinski definition) is 0. The van der Waals surface area contributed by atoms with Gasteiger partial charge in [-0.25, -0.2) is 0 Å².